The fourth-order valence-corrected chi connectivity index (χ4v) is 2.17. The number of benzene rings is 1. The van der Waals surface area contributed by atoms with Crippen molar-refractivity contribution < 1.29 is 13.9 Å². The maximum atomic E-state index is 13.9. The zero-order chi connectivity index (χ0) is 17.6. The Hall–Kier alpha value is -3.13. The van der Waals surface area contributed by atoms with E-state index in [4.69, 9.17) is 5.11 Å². The highest BCUT2D eigenvalue weighted by Gasteiger charge is 2.11. The van der Waals surface area contributed by atoms with E-state index in [0.717, 1.165) is 11.6 Å². The molecule has 0 saturated carbocycles. The average Bonchev–Trinajstić information content (AvgIpc) is 2.64. The van der Waals surface area contributed by atoms with Crippen molar-refractivity contribution in [2.45, 2.75) is 0 Å². The number of anilines is 3. The molecular formula is C17H15F2N5O. The molecular weight excluding hydrogens is 328 g/mol. The highest BCUT2D eigenvalue weighted by atomic mass is 19.2. The summed E-state index contributed by atoms with van der Waals surface area (Å²) in [6, 6.07) is 9.00. The standard InChI is InChI=1S/C17H15F2N5O/c18-12-2-1-3-13(16(12)19)22-15-10-14(11-4-6-20-7-5-11)23-17(24-15)21-8-9-25/h1-7,10,25H,8-9H2,(H2,21,22,23,24). The van der Waals surface area contributed by atoms with Gasteiger partial charge in [-0.3, -0.25) is 4.98 Å². The molecule has 0 bridgehead atoms. The van der Waals surface area contributed by atoms with Gasteiger partial charge in [0.05, 0.1) is 18.0 Å². The number of rotatable bonds is 6. The number of aliphatic hydroxyl groups is 1. The van der Waals surface area contributed by atoms with Crippen LogP contribution in [0.1, 0.15) is 0 Å². The van der Waals surface area contributed by atoms with Crippen LogP contribution in [0.2, 0.25) is 0 Å². The normalized spacial score (nSPS) is 10.5. The van der Waals surface area contributed by atoms with Crippen molar-refractivity contribution in [2.75, 3.05) is 23.8 Å². The SMILES string of the molecule is OCCNc1nc(Nc2cccc(F)c2F)cc(-c2ccncc2)n1. The smallest absolute Gasteiger partial charge is 0.225 e. The highest BCUT2D eigenvalue weighted by molar-refractivity contribution is 5.67. The molecule has 2 aromatic heterocycles. The van der Waals surface area contributed by atoms with E-state index in [1.165, 1.54) is 12.1 Å². The number of pyridine rings is 1. The summed E-state index contributed by atoms with van der Waals surface area (Å²) in [6.45, 7) is 0.164. The summed E-state index contributed by atoms with van der Waals surface area (Å²) in [5, 5.41) is 14.6. The molecule has 3 rings (SSSR count). The Morgan fingerprint density at radius 1 is 1.04 bits per heavy atom. The van der Waals surface area contributed by atoms with Gasteiger partial charge >= 0.3 is 0 Å². The van der Waals surface area contributed by atoms with Crippen LogP contribution in [0.25, 0.3) is 11.3 Å². The van der Waals surface area contributed by atoms with Gasteiger partial charge in [0.1, 0.15) is 5.82 Å². The molecule has 0 aliphatic heterocycles. The lowest BCUT2D eigenvalue weighted by Crippen LogP contribution is -2.10. The molecule has 0 amide bonds. The monoisotopic (exact) mass is 343 g/mol. The molecule has 0 unspecified atom stereocenters. The summed E-state index contributed by atoms with van der Waals surface area (Å²) in [4.78, 5) is 12.5. The first kappa shape index (κ1) is 16.7. The van der Waals surface area contributed by atoms with E-state index in [-0.39, 0.29) is 30.6 Å². The van der Waals surface area contributed by atoms with Gasteiger partial charge in [0.2, 0.25) is 5.95 Å². The van der Waals surface area contributed by atoms with E-state index in [2.05, 4.69) is 25.6 Å². The molecule has 6 nitrogen and oxygen atoms in total. The largest absolute Gasteiger partial charge is 0.395 e. The second kappa shape index (κ2) is 7.63. The van der Waals surface area contributed by atoms with Crippen molar-refractivity contribution in [1.82, 2.24) is 15.0 Å². The average molecular weight is 343 g/mol. The Balaban J connectivity index is 1.98. The molecule has 0 atom stereocenters. The van der Waals surface area contributed by atoms with Crippen molar-refractivity contribution >= 4 is 17.5 Å². The van der Waals surface area contributed by atoms with E-state index >= 15 is 0 Å². The van der Waals surface area contributed by atoms with Gasteiger partial charge in [0, 0.05) is 30.6 Å². The van der Waals surface area contributed by atoms with Crippen LogP contribution in [0.15, 0.2) is 48.8 Å². The van der Waals surface area contributed by atoms with Crippen LogP contribution < -0.4 is 10.6 Å². The second-order valence-corrected chi connectivity index (χ2v) is 5.07. The molecule has 2 heterocycles. The number of halogens is 2. The third-order valence-electron chi connectivity index (χ3n) is 3.31. The zero-order valence-electron chi connectivity index (χ0n) is 13.1. The van der Waals surface area contributed by atoms with Gasteiger partial charge in [-0.15, -0.1) is 0 Å². The maximum Gasteiger partial charge on any atom is 0.225 e. The third kappa shape index (κ3) is 4.04. The van der Waals surface area contributed by atoms with Crippen LogP contribution >= 0.6 is 0 Å². The summed E-state index contributed by atoms with van der Waals surface area (Å²) < 4.78 is 27.3. The van der Waals surface area contributed by atoms with Crippen molar-refractivity contribution in [3.63, 3.8) is 0 Å². The van der Waals surface area contributed by atoms with Gasteiger partial charge in [-0.05, 0) is 24.3 Å². The molecule has 3 aromatic rings. The van der Waals surface area contributed by atoms with E-state index in [1.807, 2.05) is 0 Å². The van der Waals surface area contributed by atoms with Crippen LogP contribution in [0.5, 0.6) is 0 Å². The minimum absolute atomic E-state index is 0.0347. The summed E-state index contributed by atoms with van der Waals surface area (Å²) in [5.74, 6) is -1.40. The molecule has 0 aliphatic rings. The van der Waals surface area contributed by atoms with Crippen LogP contribution in [-0.4, -0.2) is 33.2 Å². The van der Waals surface area contributed by atoms with Gasteiger partial charge in [-0.1, -0.05) is 6.07 Å². The number of hydrogen-bond donors (Lipinski definition) is 3. The first-order valence-electron chi connectivity index (χ1n) is 7.52. The van der Waals surface area contributed by atoms with Crippen molar-refractivity contribution in [1.29, 1.82) is 0 Å². The molecule has 25 heavy (non-hydrogen) atoms. The van der Waals surface area contributed by atoms with Crippen molar-refractivity contribution in [3.05, 3.63) is 60.4 Å². The number of aliphatic hydroxyl groups excluding tert-OH is 1. The van der Waals surface area contributed by atoms with E-state index in [1.54, 1.807) is 30.6 Å². The van der Waals surface area contributed by atoms with Crippen LogP contribution in [0.4, 0.5) is 26.2 Å². The minimum Gasteiger partial charge on any atom is -0.395 e. The molecule has 0 saturated heterocycles. The van der Waals surface area contributed by atoms with Crippen LogP contribution in [0, 0.1) is 11.6 Å². The fourth-order valence-electron chi connectivity index (χ4n) is 2.17. The predicted molar refractivity (Wildman–Crippen MR) is 90.5 cm³/mol. The molecule has 0 spiro atoms. The topological polar surface area (TPSA) is 83.0 Å². The second-order valence-electron chi connectivity index (χ2n) is 5.07. The number of aromatic nitrogens is 3. The van der Waals surface area contributed by atoms with Crippen LogP contribution in [0.3, 0.4) is 0 Å². The van der Waals surface area contributed by atoms with Crippen molar-refractivity contribution in [3.8, 4) is 11.3 Å². The molecule has 8 heteroatoms. The minimum atomic E-state index is -0.989. The Kier molecular flexibility index (Phi) is 5.10. The van der Waals surface area contributed by atoms with E-state index in [9.17, 15) is 8.78 Å². The van der Waals surface area contributed by atoms with Gasteiger partial charge in [0.15, 0.2) is 11.6 Å². The van der Waals surface area contributed by atoms with Gasteiger partial charge in [-0.25, -0.2) is 13.8 Å². The van der Waals surface area contributed by atoms with Gasteiger partial charge < -0.3 is 15.7 Å². The Morgan fingerprint density at radius 2 is 1.84 bits per heavy atom. The molecule has 0 radical (unpaired) electrons. The molecule has 0 fully saturated rings. The molecule has 3 N–H and O–H groups in total. The Labute approximate surface area is 142 Å². The van der Waals surface area contributed by atoms with Gasteiger partial charge in [0.25, 0.3) is 0 Å². The number of hydrogen-bond acceptors (Lipinski definition) is 6. The quantitative estimate of drug-likeness (QED) is 0.638. The summed E-state index contributed by atoms with van der Waals surface area (Å²) in [5.41, 5.74) is 1.32. The summed E-state index contributed by atoms with van der Waals surface area (Å²) >= 11 is 0. The lowest BCUT2D eigenvalue weighted by molar-refractivity contribution is 0.311. The number of nitrogens with zero attached hydrogens (tertiary/aromatic N) is 3. The highest BCUT2D eigenvalue weighted by Crippen LogP contribution is 2.25. The van der Waals surface area contributed by atoms with E-state index in [0.29, 0.717) is 5.69 Å². The molecule has 0 aliphatic carbocycles. The molecule has 128 valence electrons. The third-order valence-corrected chi connectivity index (χ3v) is 3.31. The first-order valence-corrected chi connectivity index (χ1v) is 7.52. The molecule has 1 aromatic carbocycles. The first-order chi connectivity index (χ1) is 12.2. The Morgan fingerprint density at radius 3 is 2.60 bits per heavy atom. The van der Waals surface area contributed by atoms with Crippen LogP contribution in [-0.2, 0) is 0 Å². The lowest BCUT2D eigenvalue weighted by Gasteiger charge is -2.11. The maximum absolute atomic E-state index is 13.9. The van der Waals surface area contributed by atoms with E-state index < -0.39 is 11.6 Å². The lowest BCUT2D eigenvalue weighted by atomic mass is 10.2. The fraction of sp³-hybridized carbons (Fsp3) is 0.118. The van der Waals surface area contributed by atoms with Crippen molar-refractivity contribution in [2.24, 2.45) is 0 Å². The van der Waals surface area contributed by atoms with Gasteiger partial charge in [-0.2, -0.15) is 4.98 Å². The summed E-state index contributed by atoms with van der Waals surface area (Å²) in [6.07, 6.45) is 3.25. The number of nitrogens with one attached hydrogen (secondary N) is 2. The predicted octanol–water partition coefficient (Wildman–Crippen LogP) is 2.96. The summed E-state index contributed by atoms with van der Waals surface area (Å²) in [7, 11) is 0. The zero-order valence-corrected chi connectivity index (χ0v) is 13.1. The Bertz CT molecular complexity index is 861.